The Morgan fingerprint density at radius 1 is 1.10 bits per heavy atom. The molecule has 1 rings (SSSR count). The van der Waals surface area contributed by atoms with Crippen LogP contribution in [0.4, 0.5) is 11.6 Å². The quantitative estimate of drug-likeness (QED) is 0.566. The van der Waals surface area contributed by atoms with Crippen LogP contribution in [0, 0.1) is 6.92 Å². The molecule has 0 aliphatic heterocycles. The van der Waals surface area contributed by atoms with Crippen LogP contribution in [0.15, 0.2) is 0 Å². The number of ether oxygens (including phenoxy) is 1. The molecule has 1 aromatic heterocycles. The van der Waals surface area contributed by atoms with Crippen LogP contribution in [0.25, 0.3) is 0 Å². The van der Waals surface area contributed by atoms with Gasteiger partial charge in [0.15, 0.2) is 0 Å². The number of aromatic nitrogens is 2. The molecule has 0 aliphatic rings. The Kier molecular flexibility index (Phi) is 7.91. The van der Waals surface area contributed by atoms with Crippen molar-refractivity contribution in [3.8, 4) is 0 Å². The van der Waals surface area contributed by atoms with E-state index in [0.717, 1.165) is 42.4 Å². The first-order valence-electron chi connectivity index (χ1n) is 7.26. The molecule has 0 radical (unpaired) electrons. The summed E-state index contributed by atoms with van der Waals surface area (Å²) in [6.07, 6.45) is 1.89. The Balaban J connectivity index is 2.71. The summed E-state index contributed by atoms with van der Waals surface area (Å²) in [4.78, 5) is 9.10. The predicted molar refractivity (Wildman–Crippen MR) is 81.3 cm³/mol. The third-order valence-electron chi connectivity index (χ3n) is 2.78. The number of hydrogen-bond donors (Lipinski definition) is 3. The van der Waals surface area contributed by atoms with Gasteiger partial charge in [0.1, 0.15) is 17.5 Å². The third kappa shape index (κ3) is 5.30. The van der Waals surface area contributed by atoms with Gasteiger partial charge in [0.2, 0.25) is 0 Å². The summed E-state index contributed by atoms with van der Waals surface area (Å²) < 4.78 is 5.23. The predicted octanol–water partition coefficient (Wildman–Crippen LogP) is 1.59. The molecule has 0 amide bonds. The minimum absolute atomic E-state index is 0.0533. The van der Waals surface area contributed by atoms with Crippen LogP contribution >= 0.6 is 0 Å². The number of rotatable bonds is 10. The van der Waals surface area contributed by atoms with E-state index in [1.54, 1.807) is 0 Å². The number of hydrogen-bond acceptors (Lipinski definition) is 6. The summed E-state index contributed by atoms with van der Waals surface area (Å²) in [5, 5.41) is 15.2. The molecule has 1 heterocycles. The van der Waals surface area contributed by atoms with E-state index < -0.39 is 0 Å². The van der Waals surface area contributed by atoms with Gasteiger partial charge in [-0.15, -0.1) is 0 Å². The van der Waals surface area contributed by atoms with Crippen LogP contribution < -0.4 is 10.6 Å². The van der Waals surface area contributed by atoms with E-state index >= 15 is 0 Å². The van der Waals surface area contributed by atoms with E-state index in [1.807, 2.05) is 6.92 Å². The number of anilines is 2. The monoisotopic (exact) mass is 282 g/mol. The van der Waals surface area contributed by atoms with Gasteiger partial charge in [-0.05, 0) is 20.3 Å². The lowest BCUT2D eigenvalue weighted by Gasteiger charge is -2.14. The molecule has 0 spiro atoms. The van der Waals surface area contributed by atoms with E-state index in [0.29, 0.717) is 19.8 Å². The summed E-state index contributed by atoms with van der Waals surface area (Å²) in [5.41, 5.74) is 1.02. The summed E-state index contributed by atoms with van der Waals surface area (Å²) >= 11 is 0. The maximum atomic E-state index is 8.64. The first kappa shape index (κ1) is 16.7. The van der Waals surface area contributed by atoms with E-state index in [9.17, 15) is 0 Å². The molecule has 1 aromatic rings. The van der Waals surface area contributed by atoms with Gasteiger partial charge < -0.3 is 20.5 Å². The second-order valence-electron chi connectivity index (χ2n) is 4.51. The van der Waals surface area contributed by atoms with Crippen LogP contribution in [0.1, 0.15) is 31.7 Å². The average molecular weight is 282 g/mol. The number of nitrogens with one attached hydrogen (secondary N) is 2. The van der Waals surface area contributed by atoms with Gasteiger partial charge in [0, 0.05) is 25.1 Å². The van der Waals surface area contributed by atoms with Crippen molar-refractivity contribution in [2.24, 2.45) is 0 Å². The zero-order valence-electron chi connectivity index (χ0n) is 12.7. The molecule has 6 nitrogen and oxygen atoms in total. The third-order valence-corrected chi connectivity index (χ3v) is 2.78. The highest BCUT2D eigenvalue weighted by molar-refractivity contribution is 5.57. The summed E-state index contributed by atoms with van der Waals surface area (Å²) in [5.74, 6) is 2.60. The molecule has 0 saturated carbocycles. The van der Waals surface area contributed by atoms with Gasteiger partial charge in [0.05, 0.1) is 19.8 Å². The second kappa shape index (κ2) is 9.50. The van der Waals surface area contributed by atoms with Gasteiger partial charge in [-0.2, -0.15) is 0 Å². The smallest absolute Gasteiger partial charge is 0.134 e. The standard InChI is InChI=1S/C14H26N4O2/c1-4-6-12-17-13(15-5-2)11(3)14(18-12)16-7-9-20-10-8-19/h19H,4-10H2,1-3H3,(H2,15,16,17,18). The molecule has 0 unspecified atom stereocenters. The molecule has 0 bridgehead atoms. The Morgan fingerprint density at radius 3 is 2.40 bits per heavy atom. The average Bonchev–Trinajstić information content (AvgIpc) is 2.43. The molecular weight excluding hydrogens is 256 g/mol. The maximum absolute atomic E-state index is 8.64. The highest BCUT2D eigenvalue weighted by Crippen LogP contribution is 2.20. The van der Waals surface area contributed by atoms with Crippen LogP contribution in [-0.4, -0.2) is 48.0 Å². The van der Waals surface area contributed by atoms with Gasteiger partial charge in [-0.3, -0.25) is 0 Å². The van der Waals surface area contributed by atoms with Crippen molar-refractivity contribution in [1.82, 2.24) is 9.97 Å². The first-order chi connectivity index (χ1) is 9.72. The molecule has 0 atom stereocenters. The Morgan fingerprint density at radius 2 is 1.80 bits per heavy atom. The van der Waals surface area contributed by atoms with Crippen molar-refractivity contribution in [3.05, 3.63) is 11.4 Å². The Labute approximate surface area is 121 Å². The van der Waals surface area contributed by atoms with Crippen molar-refractivity contribution in [2.45, 2.75) is 33.6 Å². The van der Waals surface area contributed by atoms with E-state index in [4.69, 9.17) is 9.84 Å². The minimum Gasteiger partial charge on any atom is -0.394 e. The topological polar surface area (TPSA) is 79.3 Å². The minimum atomic E-state index is 0.0533. The molecule has 0 saturated heterocycles. The highest BCUT2D eigenvalue weighted by Gasteiger charge is 2.09. The van der Waals surface area contributed by atoms with Gasteiger partial charge in [-0.25, -0.2) is 9.97 Å². The van der Waals surface area contributed by atoms with Crippen molar-refractivity contribution in [1.29, 1.82) is 0 Å². The fourth-order valence-corrected chi connectivity index (χ4v) is 1.82. The van der Waals surface area contributed by atoms with Crippen molar-refractivity contribution < 1.29 is 9.84 Å². The lowest BCUT2D eigenvalue weighted by Crippen LogP contribution is -2.15. The van der Waals surface area contributed by atoms with Gasteiger partial charge in [0.25, 0.3) is 0 Å². The summed E-state index contributed by atoms with van der Waals surface area (Å²) in [7, 11) is 0. The summed E-state index contributed by atoms with van der Waals surface area (Å²) in [6.45, 7) is 8.64. The fourth-order valence-electron chi connectivity index (χ4n) is 1.82. The van der Waals surface area contributed by atoms with Gasteiger partial charge in [-0.1, -0.05) is 6.92 Å². The maximum Gasteiger partial charge on any atom is 0.134 e. The Bertz CT molecular complexity index is 399. The Hall–Kier alpha value is -1.40. The zero-order valence-corrected chi connectivity index (χ0v) is 12.7. The molecule has 6 heteroatoms. The fraction of sp³-hybridized carbons (Fsp3) is 0.714. The molecule has 0 fully saturated rings. The van der Waals surface area contributed by atoms with Crippen molar-refractivity contribution >= 4 is 11.6 Å². The molecular formula is C14H26N4O2. The largest absolute Gasteiger partial charge is 0.394 e. The number of nitrogens with zero attached hydrogens (tertiary/aromatic N) is 2. The first-order valence-corrected chi connectivity index (χ1v) is 7.26. The number of aryl methyl sites for hydroxylation is 1. The van der Waals surface area contributed by atoms with Crippen LogP contribution in [-0.2, 0) is 11.2 Å². The molecule has 20 heavy (non-hydrogen) atoms. The van der Waals surface area contributed by atoms with E-state index in [-0.39, 0.29) is 6.61 Å². The normalized spacial score (nSPS) is 10.6. The van der Waals surface area contributed by atoms with E-state index in [2.05, 4.69) is 34.4 Å². The van der Waals surface area contributed by atoms with E-state index in [1.165, 1.54) is 0 Å². The number of aliphatic hydroxyl groups is 1. The SMILES string of the molecule is CCCc1nc(NCC)c(C)c(NCCOCCO)n1. The molecule has 3 N–H and O–H groups in total. The molecule has 0 aromatic carbocycles. The molecule has 0 aliphatic carbocycles. The van der Waals surface area contributed by atoms with Crippen LogP contribution in [0.3, 0.4) is 0 Å². The van der Waals surface area contributed by atoms with Crippen molar-refractivity contribution in [3.63, 3.8) is 0 Å². The summed E-state index contributed by atoms with van der Waals surface area (Å²) in [6, 6.07) is 0. The van der Waals surface area contributed by atoms with Crippen LogP contribution in [0.5, 0.6) is 0 Å². The lowest BCUT2D eigenvalue weighted by molar-refractivity contribution is 0.0992. The van der Waals surface area contributed by atoms with Crippen LogP contribution in [0.2, 0.25) is 0 Å². The second-order valence-corrected chi connectivity index (χ2v) is 4.51. The number of aliphatic hydroxyl groups excluding tert-OH is 1. The zero-order chi connectivity index (χ0) is 14.8. The van der Waals surface area contributed by atoms with Crippen molar-refractivity contribution in [2.75, 3.05) is 43.5 Å². The lowest BCUT2D eigenvalue weighted by atomic mass is 10.2. The van der Waals surface area contributed by atoms with Gasteiger partial charge >= 0.3 is 0 Å². The molecule has 114 valence electrons. The highest BCUT2D eigenvalue weighted by atomic mass is 16.5.